The van der Waals surface area contributed by atoms with Crippen molar-refractivity contribution in [2.24, 2.45) is 0 Å². The largest absolute Gasteiger partial charge is 0.418 e. The molecule has 3 nitrogen and oxygen atoms in total. The van der Waals surface area contributed by atoms with E-state index in [0.29, 0.717) is 0 Å². The Morgan fingerprint density at radius 1 is 1.40 bits per heavy atom. The fraction of sp³-hybridized carbons (Fsp3) is 0.462. The molecule has 0 aliphatic carbocycles. The summed E-state index contributed by atoms with van der Waals surface area (Å²) in [4.78, 5) is 11.6. The van der Waals surface area contributed by atoms with Gasteiger partial charge in [0.2, 0.25) is 5.91 Å². The molecule has 0 fully saturated rings. The monoisotopic (exact) mass is 308 g/mol. The van der Waals surface area contributed by atoms with Crippen LogP contribution in [0.3, 0.4) is 0 Å². The molecule has 7 heteroatoms. The van der Waals surface area contributed by atoms with Gasteiger partial charge in [0.1, 0.15) is 0 Å². The van der Waals surface area contributed by atoms with Gasteiger partial charge in [0.15, 0.2) is 0 Å². The molecular formula is C13H16ClF3N2O. The summed E-state index contributed by atoms with van der Waals surface area (Å²) < 4.78 is 38.5. The standard InChI is InChI=1S/C13H16ClF3N2O/c1-3-8(2)19-11(20)7-18-12-9(13(15,16)17)5-4-6-10(12)14/h4-6,8,18H,3,7H2,1-2H3,(H,19,20). The van der Waals surface area contributed by atoms with Crippen LogP contribution in [0.1, 0.15) is 25.8 Å². The van der Waals surface area contributed by atoms with Gasteiger partial charge in [-0.3, -0.25) is 4.79 Å². The number of carbonyl (C=O) groups excluding carboxylic acids is 1. The normalized spacial score (nSPS) is 12.9. The number of hydrogen-bond donors (Lipinski definition) is 2. The molecule has 0 spiro atoms. The van der Waals surface area contributed by atoms with Gasteiger partial charge in [-0.05, 0) is 25.5 Å². The van der Waals surface area contributed by atoms with E-state index in [1.54, 1.807) is 0 Å². The van der Waals surface area contributed by atoms with Gasteiger partial charge in [0.05, 0.1) is 22.8 Å². The lowest BCUT2D eigenvalue weighted by Crippen LogP contribution is -2.36. The highest BCUT2D eigenvalue weighted by Gasteiger charge is 2.34. The minimum atomic E-state index is -4.53. The average Bonchev–Trinajstić information content (AvgIpc) is 2.35. The maximum atomic E-state index is 12.8. The fourth-order valence-corrected chi connectivity index (χ4v) is 1.78. The third-order valence-electron chi connectivity index (χ3n) is 2.76. The molecule has 0 saturated carbocycles. The number of benzene rings is 1. The van der Waals surface area contributed by atoms with Crippen LogP contribution in [0, 0.1) is 0 Å². The quantitative estimate of drug-likeness (QED) is 0.871. The fourth-order valence-electron chi connectivity index (χ4n) is 1.54. The summed E-state index contributed by atoms with van der Waals surface area (Å²) in [6, 6.07) is 3.44. The van der Waals surface area contributed by atoms with Gasteiger partial charge < -0.3 is 10.6 Å². The van der Waals surface area contributed by atoms with E-state index >= 15 is 0 Å². The van der Waals surface area contributed by atoms with E-state index in [1.165, 1.54) is 12.1 Å². The van der Waals surface area contributed by atoms with E-state index in [-0.39, 0.29) is 29.2 Å². The maximum absolute atomic E-state index is 12.8. The van der Waals surface area contributed by atoms with Crippen LogP contribution in [0.15, 0.2) is 18.2 Å². The van der Waals surface area contributed by atoms with Crippen molar-refractivity contribution in [1.82, 2.24) is 5.32 Å². The number of halogens is 4. The van der Waals surface area contributed by atoms with Crippen molar-refractivity contribution >= 4 is 23.2 Å². The molecule has 20 heavy (non-hydrogen) atoms. The zero-order valence-corrected chi connectivity index (χ0v) is 11.9. The lowest BCUT2D eigenvalue weighted by molar-refractivity contribution is -0.137. The molecule has 1 unspecified atom stereocenters. The number of amides is 1. The molecular weight excluding hydrogens is 293 g/mol. The topological polar surface area (TPSA) is 41.1 Å². The van der Waals surface area contributed by atoms with E-state index in [4.69, 9.17) is 11.6 Å². The molecule has 0 bridgehead atoms. The van der Waals surface area contributed by atoms with Gasteiger partial charge in [0, 0.05) is 6.04 Å². The Hall–Kier alpha value is -1.43. The molecule has 0 aliphatic rings. The number of para-hydroxylation sites is 1. The average molecular weight is 309 g/mol. The summed E-state index contributed by atoms with van der Waals surface area (Å²) >= 11 is 5.76. The van der Waals surface area contributed by atoms with Gasteiger partial charge in [0.25, 0.3) is 0 Å². The third-order valence-corrected chi connectivity index (χ3v) is 3.08. The predicted octanol–water partition coefficient (Wildman–Crippen LogP) is 3.69. The zero-order valence-electron chi connectivity index (χ0n) is 11.1. The second-order valence-electron chi connectivity index (χ2n) is 4.39. The summed E-state index contributed by atoms with van der Waals surface area (Å²) in [5, 5.41) is 5.03. The Kier molecular flexibility index (Phi) is 5.68. The van der Waals surface area contributed by atoms with Crippen molar-refractivity contribution < 1.29 is 18.0 Å². The van der Waals surface area contributed by atoms with Crippen LogP contribution in [-0.2, 0) is 11.0 Å². The summed E-state index contributed by atoms with van der Waals surface area (Å²) in [5.74, 6) is -0.382. The van der Waals surface area contributed by atoms with Crippen LogP contribution in [0.2, 0.25) is 5.02 Å². The van der Waals surface area contributed by atoms with Crippen molar-refractivity contribution in [2.75, 3.05) is 11.9 Å². The third kappa shape index (κ3) is 4.59. The molecule has 112 valence electrons. The van der Waals surface area contributed by atoms with Crippen LogP contribution < -0.4 is 10.6 Å². The van der Waals surface area contributed by atoms with Crippen molar-refractivity contribution in [3.05, 3.63) is 28.8 Å². The van der Waals surface area contributed by atoms with Crippen LogP contribution in [-0.4, -0.2) is 18.5 Å². The molecule has 0 heterocycles. The van der Waals surface area contributed by atoms with E-state index in [2.05, 4.69) is 10.6 Å². The highest BCUT2D eigenvalue weighted by molar-refractivity contribution is 6.33. The van der Waals surface area contributed by atoms with E-state index < -0.39 is 11.7 Å². The number of nitrogens with one attached hydrogen (secondary N) is 2. The minimum absolute atomic E-state index is 0.0300. The summed E-state index contributed by atoms with van der Waals surface area (Å²) in [6.45, 7) is 3.44. The van der Waals surface area contributed by atoms with E-state index in [9.17, 15) is 18.0 Å². The second-order valence-corrected chi connectivity index (χ2v) is 4.80. The van der Waals surface area contributed by atoms with Gasteiger partial charge in [-0.2, -0.15) is 13.2 Å². The van der Waals surface area contributed by atoms with Crippen molar-refractivity contribution in [3.8, 4) is 0 Å². The Morgan fingerprint density at radius 3 is 2.60 bits per heavy atom. The van der Waals surface area contributed by atoms with E-state index in [1.807, 2.05) is 13.8 Å². The number of rotatable bonds is 5. The zero-order chi connectivity index (χ0) is 15.3. The first-order valence-electron chi connectivity index (χ1n) is 6.14. The number of anilines is 1. The second kappa shape index (κ2) is 6.83. The Balaban J connectivity index is 2.80. The van der Waals surface area contributed by atoms with Crippen LogP contribution in [0.4, 0.5) is 18.9 Å². The molecule has 0 saturated heterocycles. The lowest BCUT2D eigenvalue weighted by Gasteiger charge is -2.17. The molecule has 1 atom stereocenters. The summed E-state index contributed by atoms with van der Waals surface area (Å²) in [7, 11) is 0. The molecule has 0 aromatic heterocycles. The first kappa shape index (κ1) is 16.6. The molecule has 0 aliphatic heterocycles. The van der Waals surface area contributed by atoms with E-state index in [0.717, 1.165) is 12.5 Å². The highest BCUT2D eigenvalue weighted by Crippen LogP contribution is 2.38. The van der Waals surface area contributed by atoms with Crippen molar-refractivity contribution in [1.29, 1.82) is 0 Å². The first-order chi connectivity index (χ1) is 9.25. The highest BCUT2D eigenvalue weighted by atomic mass is 35.5. The lowest BCUT2D eigenvalue weighted by atomic mass is 10.1. The Bertz CT molecular complexity index is 477. The molecule has 1 aromatic carbocycles. The smallest absolute Gasteiger partial charge is 0.374 e. The summed E-state index contributed by atoms with van der Waals surface area (Å²) in [5.41, 5.74) is -1.16. The molecule has 1 rings (SSSR count). The summed E-state index contributed by atoms with van der Waals surface area (Å²) in [6.07, 6.45) is -3.79. The Labute approximate surface area is 120 Å². The Morgan fingerprint density at radius 2 is 2.05 bits per heavy atom. The van der Waals surface area contributed by atoms with Gasteiger partial charge >= 0.3 is 6.18 Å². The molecule has 2 N–H and O–H groups in total. The van der Waals surface area contributed by atoms with Crippen LogP contribution >= 0.6 is 11.6 Å². The molecule has 0 radical (unpaired) electrons. The van der Waals surface area contributed by atoms with Crippen molar-refractivity contribution in [2.45, 2.75) is 32.5 Å². The first-order valence-corrected chi connectivity index (χ1v) is 6.52. The maximum Gasteiger partial charge on any atom is 0.418 e. The van der Waals surface area contributed by atoms with Crippen LogP contribution in [0.5, 0.6) is 0 Å². The molecule has 1 aromatic rings. The minimum Gasteiger partial charge on any atom is -0.374 e. The SMILES string of the molecule is CCC(C)NC(=O)CNc1c(Cl)cccc1C(F)(F)F. The number of alkyl halides is 3. The van der Waals surface area contributed by atoms with Gasteiger partial charge in [-0.15, -0.1) is 0 Å². The van der Waals surface area contributed by atoms with Gasteiger partial charge in [-0.25, -0.2) is 0 Å². The van der Waals surface area contributed by atoms with Gasteiger partial charge in [-0.1, -0.05) is 24.6 Å². The molecule has 1 amide bonds. The van der Waals surface area contributed by atoms with Crippen LogP contribution in [0.25, 0.3) is 0 Å². The predicted molar refractivity (Wildman–Crippen MR) is 72.8 cm³/mol. The number of hydrogen-bond acceptors (Lipinski definition) is 2. The van der Waals surface area contributed by atoms with Crippen molar-refractivity contribution in [3.63, 3.8) is 0 Å². The number of carbonyl (C=O) groups is 1.